The maximum absolute atomic E-state index is 10.5. The number of carbonyl (C=O) groups is 1. The minimum atomic E-state index is -1.13. The Morgan fingerprint density at radius 2 is 2.27 bits per heavy atom. The Morgan fingerprint density at radius 3 is 2.73 bits per heavy atom. The second-order valence-corrected chi connectivity index (χ2v) is 4.22. The highest BCUT2D eigenvalue weighted by molar-refractivity contribution is 5.78. The minimum Gasteiger partial charge on any atom is -0.382 e. The number of hydrogen-bond acceptors (Lipinski definition) is 4. The van der Waals surface area contributed by atoms with Gasteiger partial charge < -0.3 is 16.2 Å². The summed E-state index contributed by atoms with van der Waals surface area (Å²) in [6.07, 6.45) is 0.476. The Balaban J connectivity index is 3.49. The molecule has 0 fully saturated rings. The van der Waals surface area contributed by atoms with Gasteiger partial charge in [0.15, 0.2) is 0 Å². The van der Waals surface area contributed by atoms with Crippen LogP contribution in [0.1, 0.15) is 26.7 Å². The largest absolute Gasteiger partial charge is 0.382 e. The van der Waals surface area contributed by atoms with Crippen molar-refractivity contribution in [2.75, 3.05) is 13.1 Å². The fourth-order valence-electron chi connectivity index (χ4n) is 1.05. The first-order valence-electron chi connectivity index (χ1n) is 4.98. The highest BCUT2D eigenvalue weighted by atomic mass is 16.3. The van der Waals surface area contributed by atoms with E-state index in [2.05, 4.69) is 11.4 Å². The van der Waals surface area contributed by atoms with E-state index < -0.39 is 12.0 Å². The van der Waals surface area contributed by atoms with Gasteiger partial charge >= 0.3 is 0 Å². The molecule has 0 aliphatic rings. The number of primary amides is 1. The molecule has 1 amide bonds. The zero-order chi connectivity index (χ0) is 11.9. The highest BCUT2D eigenvalue weighted by Gasteiger charge is 2.15. The van der Waals surface area contributed by atoms with Crippen molar-refractivity contribution < 1.29 is 9.90 Å². The topological polar surface area (TPSA) is 99.1 Å². The molecule has 0 aliphatic carbocycles. The van der Waals surface area contributed by atoms with Gasteiger partial charge in [-0.15, -0.1) is 0 Å². The molecule has 1 unspecified atom stereocenters. The number of nitrogens with zero attached hydrogens (tertiary/aromatic N) is 1. The number of nitriles is 1. The monoisotopic (exact) mass is 213 g/mol. The zero-order valence-corrected chi connectivity index (χ0v) is 9.29. The van der Waals surface area contributed by atoms with Crippen LogP contribution in [0.25, 0.3) is 0 Å². The number of rotatable bonds is 7. The smallest absolute Gasteiger partial charge is 0.247 e. The predicted molar refractivity (Wildman–Crippen MR) is 56.7 cm³/mol. The van der Waals surface area contributed by atoms with Crippen LogP contribution in [0.15, 0.2) is 0 Å². The maximum Gasteiger partial charge on any atom is 0.247 e. The summed E-state index contributed by atoms with van der Waals surface area (Å²) in [7, 11) is 0. The number of carbonyl (C=O) groups excluding carboxylic acids is 1. The molecule has 1 atom stereocenters. The summed E-state index contributed by atoms with van der Waals surface area (Å²) in [5, 5.41) is 20.7. The molecule has 0 aromatic rings. The van der Waals surface area contributed by atoms with Crippen molar-refractivity contribution in [1.82, 2.24) is 5.32 Å². The molecule has 0 aromatic heterocycles. The SMILES string of the molecule is CC(C)(C#N)CCCNCC(O)C(N)=O. The normalized spacial score (nSPS) is 13.2. The predicted octanol–water partition coefficient (Wildman–Crippen LogP) is -0.248. The lowest BCUT2D eigenvalue weighted by atomic mass is 9.90. The Kier molecular flexibility index (Phi) is 5.90. The third-order valence-corrected chi connectivity index (χ3v) is 2.12. The molecule has 0 radical (unpaired) electrons. The molecule has 0 rings (SSSR count). The fourth-order valence-corrected chi connectivity index (χ4v) is 1.05. The van der Waals surface area contributed by atoms with Crippen molar-refractivity contribution in [3.05, 3.63) is 0 Å². The summed E-state index contributed by atoms with van der Waals surface area (Å²) in [6, 6.07) is 2.21. The number of aliphatic hydroxyl groups is 1. The van der Waals surface area contributed by atoms with Crippen molar-refractivity contribution in [2.45, 2.75) is 32.8 Å². The molecule has 0 spiro atoms. The summed E-state index contributed by atoms with van der Waals surface area (Å²) in [5.41, 5.74) is 4.55. The van der Waals surface area contributed by atoms with Crippen molar-refractivity contribution >= 4 is 5.91 Å². The first kappa shape index (κ1) is 13.9. The number of hydrogen-bond donors (Lipinski definition) is 3. The van der Waals surface area contributed by atoms with Crippen LogP contribution < -0.4 is 11.1 Å². The lowest BCUT2D eigenvalue weighted by molar-refractivity contribution is -0.125. The molecule has 4 N–H and O–H groups in total. The van der Waals surface area contributed by atoms with Crippen LogP contribution in [0.2, 0.25) is 0 Å². The second kappa shape index (κ2) is 6.38. The molecule has 0 aromatic carbocycles. The Morgan fingerprint density at radius 1 is 1.67 bits per heavy atom. The molecular formula is C10H19N3O2. The van der Waals surface area contributed by atoms with Gasteiger partial charge in [0.2, 0.25) is 5.91 Å². The molecule has 0 bridgehead atoms. The van der Waals surface area contributed by atoms with Crippen LogP contribution in [0.3, 0.4) is 0 Å². The van der Waals surface area contributed by atoms with Crippen LogP contribution in [0, 0.1) is 16.7 Å². The third-order valence-electron chi connectivity index (χ3n) is 2.12. The Bertz CT molecular complexity index is 246. The van der Waals surface area contributed by atoms with Gasteiger partial charge in [-0.25, -0.2) is 0 Å². The number of nitrogens with two attached hydrogens (primary N) is 1. The maximum atomic E-state index is 10.5. The van der Waals surface area contributed by atoms with Gasteiger partial charge in [-0.2, -0.15) is 5.26 Å². The summed E-state index contributed by atoms with van der Waals surface area (Å²) < 4.78 is 0. The van der Waals surface area contributed by atoms with E-state index in [0.29, 0.717) is 6.54 Å². The van der Waals surface area contributed by atoms with E-state index >= 15 is 0 Å². The fraction of sp³-hybridized carbons (Fsp3) is 0.800. The Hall–Kier alpha value is -1.12. The summed E-state index contributed by atoms with van der Waals surface area (Å²) in [5.74, 6) is -0.722. The van der Waals surface area contributed by atoms with Crippen LogP contribution in [-0.2, 0) is 4.79 Å². The van der Waals surface area contributed by atoms with Gasteiger partial charge in [0.25, 0.3) is 0 Å². The highest BCUT2D eigenvalue weighted by Crippen LogP contribution is 2.19. The third kappa shape index (κ3) is 6.89. The van der Waals surface area contributed by atoms with E-state index in [9.17, 15) is 4.79 Å². The van der Waals surface area contributed by atoms with Crippen LogP contribution in [0.5, 0.6) is 0 Å². The molecular weight excluding hydrogens is 194 g/mol. The van der Waals surface area contributed by atoms with Gasteiger partial charge in [0, 0.05) is 6.54 Å². The van der Waals surface area contributed by atoms with Crippen LogP contribution in [-0.4, -0.2) is 30.2 Å². The average molecular weight is 213 g/mol. The van der Waals surface area contributed by atoms with E-state index in [1.807, 2.05) is 13.8 Å². The number of nitrogens with one attached hydrogen (secondary N) is 1. The quantitative estimate of drug-likeness (QED) is 0.508. The van der Waals surface area contributed by atoms with Crippen molar-refractivity contribution in [3.8, 4) is 6.07 Å². The lowest BCUT2D eigenvalue weighted by Crippen LogP contribution is -2.38. The summed E-state index contributed by atoms with van der Waals surface area (Å²) in [6.45, 7) is 4.59. The van der Waals surface area contributed by atoms with Gasteiger partial charge in [-0.05, 0) is 33.2 Å². The van der Waals surface area contributed by atoms with E-state index in [1.54, 1.807) is 0 Å². The molecule has 5 nitrogen and oxygen atoms in total. The van der Waals surface area contributed by atoms with Gasteiger partial charge in [-0.3, -0.25) is 4.79 Å². The molecule has 0 saturated carbocycles. The first-order valence-corrected chi connectivity index (χ1v) is 4.98. The standard InChI is InChI=1S/C10H19N3O2/c1-10(2,7-11)4-3-5-13-6-8(14)9(12)15/h8,13-14H,3-6H2,1-2H3,(H2,12,15). The van der Waals surface area contributed by atoms with E-state index in [4.69, 9.17) is 16.1 Å². The second-order valence-electron chi connectivity index (χ2n) is 4.22. The van der Waals surface area contributed by atoms with Crippen molar-refractivity contribution in [3.63, 3.8) is 0 Å². The number of amides is 1. The lowest BCUT2D eigenvalue weighted by Gasteiger charge is -2.15. The summed E-state index contributed by atoms with van der Waals surface area (Å²) in [4.78, 5) is 10.5. The van der Waals surface area contributed by atoms with Crippen molar-refractivity contribution in [1.29, 1.82) is 5.26 Å². The molecule has 0 saturated heterocycles. The number of aliphatic hydroxyl groups excluding tert-OH is 1. The zero-order valence-electron chi connectivity index (χ0n) is 9.29. The van der Waals surface area contributed by atoms with E-state index in [1.165, 1.54) is 0 Å². The van der Waals surface area contributed by atoms with Crippen molar-refractivity contribution in [2.24, 2.45) is 11.1 Å². The molecule has 86 valence electrons. The molecule has 0 heterocycles. The average Bonchev–Trinajstić information content (AvgIpc) is 2.16. The Labute approximate surface area is 90.3 Å². The van der Waals surface area contributed by atoms with Crippen LogP contribution >= 0.6 is 0 Å². The van der Waals surface area contributed by atoms with E-state index in [-0.39, 0.29) is 12.0 Å². The van der Waals surface area contributed by atoms with Gasteiger partial charge in [-0.1, -0.05) is 0 Å². The van der Waals surface area contributed by atoms with Crippen LogP contribution in [0.4, 0.5) is 0 Å². The molecule has 0 aliphatic heterocycles. The van der Waals surface area contributed by atoms with Gasteiger partial charge in [0.05, 0.1) is 11.5 Å². The molecule has 5 heteroatoms. The molecule has 15 heavy (non-hydrogen) atoms. The van der Waals surface area contributed by atoms with Gasteiger partial charge in [0.1, 0.15) is 6.10 Å². The summed E-state index contributed by atoms with van der Waals surface area (Å²) >= 11 is 0. The minimum absolute atomic E-state index is 0.169. The van der Waals surface area contributed by atoms with E-state index in [0.717, 1.165) is 12.8 Å². The first-order chi connectivity index (χ1) is 6.89.